The molecular formula is C30H49F3N5O3S+. The van der Waals surface area contributed by atoms with Crippen LogP contribution in [0.15, 0.2) is 18.2 Å². The fourth-order valence-corrected chi connectivity index (χ4v) is 5.00. The van der Waals surface area contributed by atoms with Crippen LogP contribution >= 0.6 is 0 Å². The van der Waals surface area contributed by atoms with Gasteiger partial charge >= 0.3 is 12.1 Å². The number of ether oxygens (including phenoxy) is 2. The van der Waals surface area contributed by atoms with Gasteiger partial charge < -0.3 is 19.7 Å². The molecule has 0 saturated heterocycles. The molecule has 0 bridgehead atoms. The molecule has 0 amide bonds. The van der Waals surface area contributed by atoms with Crippen LogP contribution in [0.5, 0.6) is 0 Å². The first-order valence-electron chi connectivity index (χ1n) is 14.6. The second kappa shape index (κ2) is 16.4. The number of carbonyl (C=O) groups excluding carboxylic acids is 1. The van der Waals surface area contributed by atoms with Crippen molar-refractivity contribution in [3.63, 3.8) is 0 Å². The molecule has 0 aliphatic heterocycles. The number of benzene rings is 1. The Hall–Kier alpha value is -2.47. The van der Waals surface area contributed by atoms with E-state index in [1.165, 1.54) is 0 Å². The van der Waals surface area contributed by atoms with Gasteiger partial charge in [0.05, 0.1) is 43.5 Å². The Morgan fingerprint density at radius 2 is 1.74 bits per heavy atom. The largest absolute Gasteiger partial charge is 0.466 e. The van der Waals surface area contributed by atoms with Crippen LogP contribution in [0.2, 0.25) is 0 Å². The lowest BCUT2D eigenvalue weighted by molar-refractivity contribution is -0.150. The maximum atomic E-state index is 13.9. The Morgan fingerprint density at radius 1 is 1.10 bits per heavy atom. The highest BCUT2D eigenvalue weighted by Gasteiger charge is 2.38. The molecule has 0 aliphatic carbocycles. The lowest BCUT2D eigenvalue weighted by atomic mass is 9.96. The Kier molecular flexibility index (Phi) is 13.9. The number of nitrogens with one attached hydrogen (secondary N) is 1. The quantitative estimate of drug-likeness (QED) is 0.118. The van der Waals surface area contributed by atoms with Crippen molar-refractivity contribution in [1.29, 1.82) is 0 Å². The molecule has 0 aliphatic rings. The molecule has 2 rings (SSSR count). The van der Waals surface area contributed by atoms with Crippen LogP contribution in [0, 0.1) is 11.8 Å². The molecule has 42 heavy (non-hydrogen) atoms. The van der Waals surface area contributed by atoms with E-state index in [1.54, 1.807) is 6.92 Å². The van der Waals surface area contributed by atoms with Gasteiger partial charge in [-0.1, -0.05) is 40.7 Å². The van der Waals surface area contributed by atoms with Gasteiger partial charge in [0.25, 0.3) is 0 Å². The number of hydrogen-bond acceptors (Lipinski definition) is 7. The molecule has 1 N–H and O–H groups in total. The summed E-state index contributed by atoms with van der Waals surface area (Å²) in [6, 6.07) is 5.77. The first kappa shape index (κ1) is 35.7. The van der Waals surface area contributed by atoms with Gasteiger partial charge in [0.1, 0.15) is 12.0 Å². The van der Waals surface area contributed by atoms with Crippen LogP contribution in [0.25, 0.3) is 0 Å². The highest BCUT2D eigenvalue weighted by molar-refractivity contribution is 7.96. The molecule has 8 nitrogen and oxygen atoms in total. The zero-order chi connectivity index (χ0) is 31.6. The van der Waals surface area contributed by atoms with Crippen LogP contribution in [0.3, 0.4) is 0 Å². The van der Waals surface area contributed by atoms with Crippen LogP contribution < -0.4 is 10.2 Å². The highest BCUT2D eigenvalue weighted by Crippen LogP contribution is 2.35. The average Bonchev–Trinajstić information content (AvgIpc) is 3.28. The van der Waals surface area contributed by atoms with E-state index < -0.39 is 12.0 Å². The minimum Gasteiger partial charge on any atom is -0.466 e. The number of hydrogen-bond donors (Lipinski definition) is 1. The fraction of sp³-hybridized carbons (Fsp3) is 0.700. The second-order valence-corrected chi connectivity index (χ2v) is 14.3. The lowest BCUT2D eigenvalue weighted by Gasteiger charge is -2.31. The fourth-order valence-electron chi connectivity index (χ4n) is 4.43. The van der Waals surface area contributed by atoms with Crippen molar-refractivity contribution < 1.29 is 27.4 Å². The monoisotopic (exact) mass is 616 g/mol. The molecular weight excluding hydrogens is 567 g/mol. The third-order valence-electron chi connectivity index (χ3n) is 6.74. The van der Waals surface area contributed by atoms with Gasteiger partial charge in [-0.3, -0.25) is 4.79 Å². The summed E-state index contributed by atoms with van der Waals surface area (Å²) in [5, 5.41) is 7.64. The topological polar surface area (TPSA) is 81.5 Å². The van der Waals surface area contributed by atoms with Crippen LogP contribution in [-0.4, -0.2) is 64.8 Å². The SMILES string of the molecule is CCOC(=O)C[C@@H](C)c1ccc(N(CC(C)C)CC(C)C)c(Nc2nc(C(F)(F)F)n(COCC[C@H](C)[S+](C)C)n2)c1. The van der Waals surface area contributed by atoms with E-state index in [0.29, 0.717) is 36.0 Å². The first-order valence-corrected chi connectivity index (χ1v) is 16.7. The van der Waals surface area contributed by atoms with Crippen molar-refractivity contribution >= 4 is 34.2 Å². The maximum absolute atomic E-state index is 13.9. The summed E-state index contributed by atoms with van der Waals surface area (Å²) in [6.45, 7) is 16.1. The molecule has 0 saturated carbocycles. The van der Waals surface area contributed by atoms with Crippen molar-refractivity contribution in [3.05, 3.63) is 29.6 Å². The minimum absolute atomic E-state index is 0.166. The third-order valence-corrected chi connectivity index (χ3v) is 8.58. The molecule has 1 aromatic heterocycles. The summed E-state index contributed by atoms with van der Waals surface area (Å²) >= 11 is 0. The maximum Gasteiger partial charge on any atom is 0.451 e. The predicted octanol–water partition coefficient (Wildman–Crippen LogP) is 6.85. The zero-order valence-corrected chi connectivity index (χ0v) is 27.4. The highest BCUT2D eigenvalue weighted by atomic mass is 32.2. The zero-order valence-electron chi connectivity index (χ0n) is 26.5. The molecule has 2 atom stereocenters. The smallest absolute Gasteiger partial charge is 0.451 e. The Balaban J connectivity index is 2.45. The van der Waals surface area contributed by atoms with Crippen molar-refractivity contribution in [2.75, 3.05) is 49.0 Å². The number of rotatable bonds is 17. The van der Waals surface area contributed by atoms with E-state index >= 15 is 0 Å². The molecule has 1 aromatic carbocycles. The van der Waals surface area contributed by atoms with Crippen molar-refractivity contribution in [2.24, 2.45) is 11.8 Å². The van der Waals surface area contributed by atoms with E-state index in [9.17, 15) is 18.0 Å². The Morgan fingerprint density at radius 3 is 2.29 bits per heavy atom. The summed E-state index contributed by atoms with van der Waals surface area (Å²) in [5.74, 6) is -1.07. The molecule has 2 aromatic rings. The molecule has 0 radical (unpaired) electrons. The number of alkyl halides is 3. The number of carbonyl (C=O) groups is 1. The summed E-state index contributed by atoms with van der Waals surface area (Å²) in [7, 11) is 0.196. The van der Waals surface area contributed by atoms with Gasteiger partial charge in [0, 0.05) is 19.5 Å². The average molecular weight is 617 g/mol. The molecule has 0 spiro atoms. The van der Waals surface area contributed by atoms with Crippen LogP contribution in [0.1, 0.15) is 78.6 Å². The van der Waals surface area contributed by atoms with E-state index in [2.05, 4.69) is 67.4 Å². The van der Waals surface area contributed by atoms with Gasteiger partial charge in [-0.25, -0.2) is 4.68 Å². The summed E-state index contributed by atoms with van der Waals surface area (Å²) in [6.07, 6.45) is 0.493. The summed E-state index contributed by atoms with van der Waals surface area (Å²) in [5.41, 5.74) is 2.25. The number of anilines is 3. The second-order valence-electron chi connectivity index (χ2n) is 11.8. The third kappa shape index (κ3) is 11.3. The van der Waals surface area contributed by atoms with E-state index in [4.69, 9.17) is 9.47 Å². The molecule has 1 heterocycles. The van der Waals surface area contributed by atoms with Crippen LogP contribution in [-0.2, 0) is 38.1 Å². The molecule has 0 fully saturated rings. The normalized spacial score (nSPS) is 13.6. The van der Waals surface area contributed by atoms with E-state index in [0.717, 1.165) is 35.4 Å². The van der Waals surface area contributed by atoms with Crippen molar-refractivity contribution in [2.45, 2.75) is 85.4 Å². The first-order chi connectivity index (χ1) is 19.6. The van der Waals surface area contributed by atoms with Gasteiger partial charge in [0.2, 0.25) is 11.8 Å². The minimum atomic E-state index is -4.71. The number of aromatic nitrogens is 3. The van der Waals surface area contributed by atoms with Crippen molar-refractivity contribution in [3.8, 4) is 0 Å². The molecule has 12 heteroatoms. The van der Waals surface area contributed by atoms with Crippen molar-refractivity contribution in [1.82, 2.24) is 14.8 Å². The Labute approximate surface area is 252 Å². The van der Waals surface area contributed by atoms with E-state index in [-0.39, 0.29) is 41.9 Å². The van der Waals surface area contributed by atoms with Crippen LogP contribution in [0.4, 0.5) is 30.5 Å². The Bertz CT molecular complexity index is 1110. The number of nitrogens with zero attached hydrogens (tertiary/aromatic N) is 4. The molecule has 0 unspecified atom stereocenters. The predicted molar refractivity (Wildman–Crippen MR) is 166 cm³/mol. The van der Waals surface area contributed by atoms with Gasteiger partial charge in [-0.2, -0.15) is 18.2 Å². The number of esters is 1. The standard InChI is InChI=1S/C30H49F3N5O3S/c1-10-41-27(39)15-22(6)24-11-12-26(37(17-20(2)3)18-21(4)5)25(16-24)34-29-35-28(30(31,32)33)38(36-29)19-40-14-13-23(7)42(8)9/h11-12,16,20-23H,10,13-15,17-19H2,1-9H3,(H,34,36)/q+1/t22-,23+/m1/s1. The van der Waals surface area contributed by atoms with E-state index in [1.807, 2.05) is 25.1 Å². The van der Waals surface area contributed by atoms with Gasteiger partial charge in [-0.05, 0) is 60.2 Å². The van der Waals surface area contributed by atoms with Gasteiger partial charge in [0.15, 0.2) is 0 Å². The summed E-state index contributed by atoms with van der Waals surface area (Å²) in [4.78, 5) is 18.2. The number of halogens is 3. The molecule has 238 valence electrons. The lowest BCUT2D eigenvalue weighted by Crippen LogP contribution is -2.31. The summed E-state index contributed by atoms with van der Waals surface area (Å²) < 4.78 is 53.3. The van der Waals surface area contributed by atoms with Gasteiger partial charge in [-0.15, -0.1) is 5.10 Å².